The van der Waals surface area contributed by atoms with Crippen molar-refractivity contribution in [3.63, 3.8) is 0 Å². The highest BCUT2D eigenvalue weighted by Crippen LogP contribution is 2.24. The Morgan fingerprint density at radius 3 is 2.37 bits per heavy atom. The van der Waals surface area contributed by atoms with Gasteiger partial charge in [0.05, 0.1) is 12.2 Å². The lowest BCUT2D eigenvalue weighted by molar-refractivity contribution is -0.121. The SMILES string of the molecule is Cc1ccc(NC(=O)CN2CCC(C(=O)Nc3ccccc3O)CC2)cc1. The monoisotopic (exact) mass is 367 g/mol. The number of hydrogen-bond donors (Lipinski definition) is 3. The maximum Gasteiger partial charge on any atom is 0.238 e. The van der Waals surface area contributed by atoms with E-state index in [0.717, 1.165) is 11.3 Å². The summed E-state index contributed by atoms with van der Waals surface area (Å²) < 4.78 is 0. The lowest BCUT2D eigenvalue weighted by Crippen LogP contribution is -2.41. The van der Waals surface area contributed by atoms with Crippen molar-refractivity contribution in [2.75, 3.05) is 30.3 Å². The van der Waals surface area contributed by atoms with Crippen LogP contribution in [0.2, 0.25) is 0 Å². The van der Waals surface area contributed by atoms with Gasteiger partial charge in [-0.3, -0.25) is 14.5 Å². The molecule has 142 valence electrons. The molecule has 6 heteroatoms. The first-order chi connectivity index (χ1) is 13.0. The molecular formula is C21H25N3O3. The Bertz CT molecular complexity index is 797. The molecule has 0 saturated carbocycles. The average Bonchev–Trinajstić information content (AvgIpc) is 2.66. The maximum absolute atomic E-state index is 12.4. The summed E-state index contributed by atoms with van der Waals surface area (Å²) in [7, 11) is 0. The summed E-state index contributed by atoms with van der Waals surface area (Å²) in [5, 5.41) is 15.5. The normalized spacial score (nSPS) is 15.3. The maximum atomic E-state index is 12.4. The summed E-state index contributed by atoms with van der Waals surface area (Å²) in [6, 6.07) is 14.4. The van der Waals surface area contributed by atoms with Crippen LogP contribution in [0.25, 0.3) is 0 Å². The molecule has 3 rings (SSSR count). The zero-order chi connectivity index (χ0) is 19.2. The van der Waals surface area contributed by atoms with Crippen molar-refractivity contribution in [1.29, 1.82) is 0 Å². The van der Waals surface area contributed by atoms with Crippen molar-refractivity contribution in [1.82, 2.24) is 4.90 Å². The molecule has 1 aliphatic heterocycles. The third kappa shape index (κ3) is 5.31. The number of anilines is 2. The smallest absolute Gasteiger partial charge is 0.238 e. The lowest BCUT2D eigenvalue weighted by atomic mass is 9.95. The van der Waals surface area contributed by atoms with E-state index < -0.39 is 0 Å². The van der Waals surface area contributed by atoms with E-state index in [1.54, 1.807) is 24.3 Å². The van der Waals surface area contributed by atoms with Gasteiger partial charge in [0.2, 0.25) is 11.8 Å². The van der Waals surface area contributed by atoms with Crippen LogP contribution in [0.3, 0.4) is 0 Å². The van der Waals surface area contributed by atoms with Gasteiger partial charge in [-0.25, -0.2) is 0 Å². The Morgan fingerprint density at radius 2 is 1.70 bits per heavy atom. The molecular weight excluding hydrogens is 342 g/mol. The standard InChI is InChI=1S/C21H25N3O3/c1-15-6-8-17(9-7-15)22-20(26)14-24-12-10-16(11-13-24)21(27)23-18-4-2-3-5-19(18)25/h2-9,16,25H,10-14H2,1H3,(H,22,26)(H,23,27). The molecule has 2 aromatic carbocycles. The summed E-state index contributed by atoms with van der Waals surface area (Å²) in [5.74, 6) is -0.173. The first-order valence-electron chi connectivity index (χ1n) is 9.19. The molecule has 1 aliphatic rings. The second kappa shape index (κ2) is 8.68. The largest absolute Gasteiger partial charge is 0.506 e. The number of benzene rings is 2. The predicted molar refractivity (Wildman–Crippen MR) is 106 cm³/mol. The molecule has 0 bridgehead atoms. The van der Waals surface area contributed by atoms with Crippen LogP contribution in [0.1, 0.15) is 18.4 Å². The second-order valence-corrected chi connectivity index (χ2v) is 6.97. The fourth-order valence-corrected chi connectivity index (χ4v) is 3.21. The molecule has 27 heavy (non-hydrogen) atoms. The Kier molecular flexibility index (Phi) is 6.08. The van der Waals surface area contributed by atoms with Crippen molar-refractivity contribution in [2.24, 2.45) is 5.92 Å². The van der Waals surface area contributed by atoms with Gasteiger partial charge < -0.3 is 15.7 Å². The minimum absolute atomic E-state index is 0.0454. The number of phenols is 1. The van der Waals surface area contributed by atoms with Crippen molar-refractivity contribution in [2.45, 2.75) is 19.8 Å². The third-order valence-corrected chi connectivity index (χ3v) is 4.82. The zero-order valence-electron chi connectivity index (χ0n) is 15.4. The number of hydrogen-bond acceptors (Lipinski definition) is 4. The van der Waals surface area contributed by atoms with Crippen LogP contribution < -0.4 is 10.6 Å². The van der Waals surface area contributed by atoms with Gasteiger partial charge in [0.1, 0.15) is 5.75 Å². The molecule has 1 heterocycles. The van der Waals surface area contributed by atoms with Gasteiger partial charge in [-0.1, -0.05) is 29.8 Å². The van der Waals surface area contributed by atoms with E-state index in [0.29, 0.717) is 38.2 Å². The lowest BCUT2D eigenvalue weighted by Gasteiger charge is -2.30. The molecule has 0 radical (unpaired) electrons. The van der Waals surface area contributed by atoms with Crippen LogP contribution in [-0.2, 0) is 9.59 Å². The number of nitrogens with one attached hydrogen (secondary N) is 2. The highest BCUT2D eigenvalue weighted by Gasteiger charge is 2.26. The number of carbonyl (C=O) groups is 2. The molecule has 6 nitrogen and oxygen atoms in total. The molecule has 0 unspecified atom stereocenters. The van der Waals surface area contributed by atoms with E-state index in [1.165, 1.54) is 0 Å². The summed E-state index contributed by atoms with van der Waals surface area (Å²) in [6.07, 6.45) is 1.38. The molecule has 3 N–H and O–H groups in total. The van der Waals surface area contributed by atoms with Crippen molar-refractivity contribution in [3.8, 4) is 5.75 Å². The van der Waals surface area contributed by atoms with E-state index in [2.05, 4.69) is 15.5 Å². The van der Waals surface area contributed by atoms with Crippen LogP contribution >= 0.6 is 0 Å². The molecule has 0 aliphatic carbocycles. The zero-order valence-corrected chi connectivity index (χ0v) is 15.4. The Balaban J connectivity index is 1.44. The second-order valence-electron chi connectivity index (χ2n) is 6.97. The Labute approximate surface area is 159 Å². The van der Waals surface area contributed by atoms with Gasteiger partial charge in [-0.2, -0.15) is 0 Å². The van der Waals surface area contributed by atoms with Crippen molar-refractivity contribution < 1.29 is 14.7 Å². The fraction of sp³-hybridized carbons (Fsp3) is 0.333. The van der Waals surface area contributed by atoms with Crippen LogP contribution in [0, 0.1) is 12.8 Å². The number of para-hydroxylation sites is 2. The van der Waals surface area contributed by atoms with Gasteiger partial charge in [-0.05, 0) is 57.1 Å². The minimum atomic E-state index is -0.110. The number of aromatic hydroxyl groups is 1. The molecule has 1 saturated heterocycles. The highest BCUT2D eigenvalue weighted by molar-refractivity contribution is 5.94. The first-order valence-corrected chi connectivity index (χ1v) is 9.19. The third-order valence-electron chi connectivity index (χ3n) is 4.82. The quantitative estimate of drug-likeness (QED) is 0.710. The summed E-state index contributed by atoms with van der Waals surface area (Å²) in [6.45, 7) is 3.72. The number of piperidine rings is 1. The summed E-state index contributed by atoms with van der Waals surface area (Å²) >= 11 is 0. The van der Waals surface area contributed by atoms with E-state index in [9.17, 15) is 14.7 Å². The van der Waals surface area contributed by atoms with Gasteiger partial charge >= 0.3 is 0 Å². The molecule has 0 atom stereocenters. The van der Waals surface area contributed by atoms with Gasteiger partial charge in [0.25, 0.3) is 0 Å². The summed E-state index contributed by atoms with van der Waals surface area (Å²) in [5.41, 5.74) is 2.38. The fourth-order valence-electron chi connectivity index (χ4n) is 3.21. The Hall–Kier alpha value is -2.86. The number of carbonyl (C=O) groups excluding carboxylic acids is 2. The highest BCUT2D eigenvalue weighted by atomic mass is 16.3. The van der Waals surface area contributed by atoms with Crippen molar-refractivity contribution >= 4 is 23.2 Å². The Morgan fingerprint density at radius 1 is 1.04 bits per heavy atom. The number of nitrogens with zero attached hydrogens (tertiary/aromatic N) is 1. The number of amides is 2. The minimum Gasteiger partial charge on any atom is -0.506 e. The number of likely N-dealkylation sites (tertiary alicyclic amines) is 1. The number of rotatable bonds is 5. The van der Waals surface area contributed by atoms with Gasteiger partial charge in [0.15, 0.2) is 0 Å². The van der Waals surface area contributed by atoms with Crippen molar-refractivity contribution in [3.05, 3.63) is 54.1 Å². The average molecular weight is 367 g/mol. The topological polar surface area (TPSA) is 81.7 Å². The predicted octanol–water partition coefficient (Wildman–Crippen LogP) is 2.99. The van der Waals surface area contributed by atoms with E-state index in [-0.39, 0.29) is 23.5 Å². The molecule has 2 aromatic rings. The first kappa shape index (κ1) is 18.9. The van der Waals surface area contributed by atoms with E-state index >= 15 is 0 Å². The van der Waals surface area contributed by atoms with Crippen LogP contribution in [-0.4, -0.2) is 41.5 Å². The molecule has 1 fully saturated rings. The van der Waals surface area contributed by atoms with E-state index in [4.69, 9.17) is 0 Å². The molecule has 0 spiro atoms. The van der Waals surface area contributed by atoms with Gasteiger partial charge in [0, 0.05) is 11.6 Å². The number of aryl methyl sites for hydroxylation is 1. The summed E-state index contributed by atoms with van der Waals surface area (Å²) in [4.78, 5) is 26.7. The molecule has 0 aromatic heterocycles. The number of phenolic OH excluding ortho intramolecular Hbond substituents is 1. The van der Waals surface area contributed by atoms with Crippen LogP contribution in [0.5, 0.6) is 5.75 Å². The van der Waals surface area contributed by atoms with Crippen LogP contribution in [0.4, 0.5) is 11.4 Å². The molecule has 2 amide bonds. The van der Waals surface area contributed by atoms with Crippen LogP contribution in [0.15, 0.2) is 48.5 Å². The van der Waals surface area contributed by atoms with E-state index in [1.807, 2.05) is 31.2 Å². The van der Waals surface area contributed by atoms with Gasteiger partial charge in [-0.15, -0.1) is 0 Å².